The van der Waals surface area contributed by atoms with Crippen LogP contribution in [0.2, 0.25) is 0 Å². The van der Waals surface area contributed by atoms with Gasteiger partial charge < -0.3 is 9.05 Å². The van der Waals surface area contributed by atoms with Crippen LogP contribution in [-0.4, -0.2) is 16.8 Å². The molecule has 2 aromatic rings. The van der Waals surface area contributed by atoms with E-state index in [2.05, 4.69) is 41.1 Å². The van der Waals surface area contributed by atoms with Crippen LogP contribution in [0, 0.1) is 0 Å². The molecule has 1 spiro atoms. The maximum atomic E-state index is 7.07. The van der Waals surface area contributed by atoms with Gasteiger partial charge in [0.1, 0.15) is 11.5 Å². The Kier molecular flexibility index (Phi) is 5.21. The largest absolute Gasteiger partial charge is 0.427 e. The maximum absolute atomic E-state index is 7.07. The minimum Gasteiger partial charge on any atom is -0.427 e. The van der Waals surface area contributed by atoms with E-state index in [4.69, 9.17) is 9.05 Å². The van der Waals surface area contributed by atoms with E-state index < -0.39 is 8.53 Å². The Balaban J connectivity index is 1.37. The second-order valence-electron chi connectivity index (χ2n) is 11.0. The van der Waals surface area contributed by atoms with Crippen LogP contribution in [0.1, 0.15) is 99.3 Å². The molecular weight excluding hydrogens is 425 g/mol. The molecule has 2 aromatic carbocycles. The normalized spacial score (nSPS) is 24.5. The predicted octanol–water partition coefficient (Wildman–Crippen LogP) is 7.83. The summed E-state index contributed by atoms with van der Waals surface area (Å²) >= 11 is 0. The van der Waals surface area contributed by atoms with E-state index in [9.17, 15) is 0 Å². The Hall–Kier alpha value is -1.57. The van der Waals surface area contributed by atoms with Gasteiger partial charge in [0.25, 0.3) is 0 Å². The fourth-order valence-electron chi connectivity index (χ4n) is 7.79. The van der Waals surface area contributed by atoms with Crippen LogP contribution in [0.4, 0.5) is 0 Å². The molecule has 0 saturated heterocycles. The van der Waals surface area contributed by atoms with Crippen LogP contribution in [0.25, 0.3) is 0 Å². The molecule has 2 fully saturated rings. The van der Waals surface area contributed by atoms with Gasteiger partial charge >= 0.3 is 8.53 Å². The fourth-order valence-corrected chi connectivity index (χ4v) is 9.65. The zero-order valence-electron chi connectivity index (χ0n) is 19.7. The summed E-state index contributed by atoms with van der Waals surface area (Å²) < 4.78 is 16.9. The van der Waals surface area contributed by atoms with Gasteiger partial charge in [-0.3, -0.25) is 0 Å². The van der Waals surface area contributed by atoms with Gasteiger partial charge in [-0.25, -0.2) is 4.67 Å². The molecule has 33 heavy (non-hydrogen) atoms. The first-order valence-electron chi connectivity index (χ1n) is 13.5. The molecule has 0 unspecified atom stereocenters. The summed E-state index contributed by atoms with van der Waals surface area (Å²) in [6.45, 7) is 0. The minimum atomic E-state index is -1.18. The highest BCUT2D eigenvalue weighted by molar-refractivity contribution is 7.45. The zero-order valence-corrected chi connectivity index (χ0v) is 20.6. The molecule has 1 heterocycles. The van der Waals surface area contributed by atoms with E-state index in [1.165, 1.54) is 99.3 Å². The van der Waals surface area contributed by atoms with Crippen LogP contribution in [0.5, 0.6) is 11.5 Å². The van der Waals surface area contributed by atoms with Gasteiger partial charge in [0.15, 0.2) is 0 Å². The number of hydrogen-bond acceptors (Lipinski definition) is 3. The van der Waals surface area contributed by atoms with Gasteiger partial charge in [-0.2, -0.15) is 0 Å². The number of benzene rings is 2. The lowest BCUT2D eigenvalue weighted by Crippen LogP contribution is -2.43. The van der Waals surface area contributed by atoms with Crippen LogP contribution in [-0.2, 0) is 18.3 Å². The first-order valence-corrected chi connectivity index (χ1v) is 14.7. The van der Waals surface area contributed by atoms with E-state index in [1.807, 2.05) is 0 Å². The summed E-state index contributed by atoms with van der Waals surface area (Å²) in [6.07, 6.45) is 18.1. The highest BCUT2D eigenvalue weighted by atomic mass is 31.2. The summed E-state index contributed by atoms with van der Waals surface area (Å²) in [5.74, 6) is 2.24. The second-order valence-corrected chi connectivity index (χ2v) is 12.3. The molecule has 174 valence electrons. The van der Waals surface area contributed by atoms with Crippen molar-refractivity contribution in [1.82, 2.24) is 4.67 Å². The van der Waals surface area contributed by atoms with Crippen molar-refractivity contribution in [1.29, 1.82) is 0 Å². The highest BCUT2D eigenvalue weighted by Crippen LogP contribution is 2.63. The molecule has 0 N–H and O–H groups in total. The number of hydrogen-bond donors (Lipinski definition) is 0. The molecule has 0 bridgehead atoms. The first-order chi connectivity index (χ1) is 16.3. The third kappa shape index (κ3) is 3.29. The minimum absolute atomic E-state index is 0.0970. The summed E-state index contributed by atoms with van der Waals surface area (Å²) in [7, 11) is -1.18. The smallest absolute Gasteiger partial charge is 0.385 e. The number of aryl methyl sites for hydroxylation is 2. The standard InChI is InChI=1S/C29H36NO2P/c1-3-11-23(12-4-1)30(24-13-5-2-6-14-24)33-31-25-15-7-9-21-17-19-29(27(21)25)20-18-22-10-8-16-26(32-33)28(22)29/h7-10,15-16,23-24H,1-6,11-14,17-20H2. The van der Waals surface area contributed by atoms with E-state index >= 15 is 0 Å². The Morgan fingerprint density at radius 2 is 1.15 bits per heavy atom. The predicted molar refractivity (Wildman–Crippen MR) is 134 cm³/mol. The van der Waals surface area contributed by atoms with E-state index in [0.29, 0.717) is 12.1 Å². The zero-order chi connectivity index (χ0) is 21.8. The Bertz CT molecular complexity index is 958. The first kappa shape index (κ1) is 20.8. The van der Waals surface area contributed by atoms with Crippen molar-refractivity contribution in [3.63, 3.8) is 0 Å². The molecule has 4 aliphatic carbocycles. The Morgan fingerprint density at radius 3 is 1.64 bits per heavy atom. The van der Waals surface area contributed by atoms with E-state index in [-0.39, 0.29) is 5.41 Å². The van der Waals surface area contributed by atoms with Crippen molar-refractivity contribution in [2.24, 2.45) is 0 Å². The summed E-state index contributed by atoms with van der Waals surface area (Å²) in [5.41, 5.74) is 6.11. The molecule has 0 amide bonds. The maximum Gasteiger partial charge on any atom is 0.385 e. The summed E-state index contributed by atoms with van der Waals surface area (Å²) in [4.78, 5) is 0. The number of rotatable bonds is 3. The molecular formula is C29H36NO2P. The quantitative estimate of drug-likeness (QED) is 0.435. The van der Waals surface area contributed by atoms with Gasteiger partial charge in [0, 0.05) is 28.6 Å². The van der Waals surface area contributed by atoms with Crippen molar-refractivity contribution in [2.45, 2.75) is 107 Å². The summed E-state index contributed by atoms with van der Waals surface area (Å²) in [6, 6.07) is 14.8. The van der Waals surface area contributed by atoms with Crippen LogP contribution >= 0.6 is 8.53 Å². The molecule has 4 heteroatoms. The average Bonchev–Trinajstić information content (AvgIpc) is 3.42. The monoisotopic (exact) mass is 461 g/mol. The van der Waals surface area contributed by atoms with Crippen LogP contribution in [0.15, 0.2) is 36.4 Å². The highest BCUT2D eigenvalue weighted by Gasteiger charge is 2.51. The molecule has 0 atom stereocenters. The van der Waals surface area contributed by atoms with Crippen molar-refractivity contribution in [3.05, 3.63) is 58.7 Å². The lowest BCUT2D eigenvalue weighted by molar-refractivity contribution is 0.152. The molecule has 0 radical (unpaired) electrons. The lowest BCUT2D eigenvalue weighted by atomic mass is 9.76. The van der Waals surface area contributed by atoms with Crippen molar-refractivity contribution < 1.29 is 9.05 Å². The number of nitrogens with zero attached hydrogens (tertiary/aromatic N) is 1. The SMILES string of the molecule is c1cc2c3c(c1)OP(N(C1CCCCC1)C1CCCCC1)Oc1cccc4c1C3(CC2)CC4. The van der Waals surface area contributed by atoms with Gasteiger partial charge in [0.05, 0.1) is 0 Å². The van der Waals surface area contributed by atoms with Gasteiger partial charge in [-0.05, 0) is 74.6 Å². The molecule has 1 aliphatic heterocycles. The summed E-state index contributed by atoms with van der Waals surface area (Å²) in [5, 5.41) is 0. The van der Waals surface area contributed by atoms with E-state index in [1.54, 1.807) is 0 Å². The van der Waals surface area contributed by atoms with Crippen molar-refractivity contribution in [2.75, 3.05) is 0 Å². The third-order valence-electron chi connectivity index (χ3n) is 9.26. The third-order valence-corrected chi connectivity index (χ3v) is 11.0. The van der Waals surface area contributed by atoms with Crippen LogP contribution < -0.4 is 9.05 Å². The van der Waals surface area contributed by atoms with Crippen molar-refractivity contribution in [3.8, 4) is 11.5 Å². The van der Waals surface area contributed by atoms with Gasteiger partial charge in [-0.15, -0.1) is 0 Å². The second kappa shape index (κ2) is 8.28. The van der Waals surface area contributed by atoms with E-state index in [0.717, 1.165) is 24.3 Å². The average molecular weight is 462 g/mol. The molecule has 2 saturated carbocycles. The van der Waals surface area contributed by atoms with Crippen molar-refractivity contribution >= 4 is 8.53 Å². The van der Waals surface area contributed by atoms with Gasteiger partial charge in [-0.1, -0.05) is 62.8 Å². The molecule has 0 aromatic heterocycles. The van der Waals surface area contributed by atoms with Crippen LogP contribution in [0.3, 0.4) is 0 Å². The molecule has 5 aliphatic rings. The Labute approximate surface area is 199 Å². The van der Waals surface area contributed by atoms with Gasteiger partial charge in [0.2, 0.25) is 0 Å². The molecule has 3 nitrogen and oxygen atoms in total. The molecule has 7 rings (SSSR count). The Morgan fingerprint density at radius 1 is 0.667 bits per heavy atom. The fraction of sp³-hybridized carbons (Fsp3) is 0.586. The topological polar surface area (TPSA) is 21.7 Å². The lowest BCUT2D eigenvalue weighted by Gasteiger charge is -2.44.